The lowest BCUT2D eigenvalue weighted by Crippen LogP contribution is -2.31. The second-order valence-corrected chi connectivity index (χ2v) is 5.94. The van der Waals surface area contributed by atoms with E-state index in [9.17, 15) is 9.59 Å². The van der Waals surface area contributed by atoms with Crippen LogP contribution >= 0.6 is 0 Å². The number of para-hydroxylation sites is 1. The molecule has 7 heteroatoms. The highest BCUT2D eigenvalue weighted by Gasteiger charge is 2.18. The van der Waals surface area contributed by atoms with Gasteiger partial charge in [0.05, 0.1) is 0 Å². The number of aryl methyl sites for hydroxylation is 1. The number of fused-ring (bicyclic) bond motifs is 2. The quantitative estimate of drug-likeness (QED) is 0.571. The Hall–Kier alpha value is -3.48. The second kappa shape index (κ2) is 6.44. The van der Waals surface area contributed by atoms with E-state index in [1.54, 1.807) is 19.1 Å². The van der Waals surface area contributed by atoms with Crippen molar-refractivity contribution in [1.29, 1.82) is 0 Å². The molecular formula is C19H16N4O3. The molecule has 4 rings (SSSR count). The van der Waals surface area contributed by atoms with Gasteiger partial charge in [-0.1, -0.05) is 24.3 Å². The van der Waals surface area contributed by atoms with Crippen molar-refractivity contribution in [3.8, 4) is 0 Å². The van der Waals surface area contributed by atoms with Crippen molar-refractivity contribution in [1.82, 2.24) is 19.9 Å². The van der Waals surface area contributed by atoms with E-state index in [1.807, 2.05) is 40.9 Å². The zero-order valence-electron chi connectivity index (χ0n) is 14.1. The zero-order valence-corrected chi connectivity index (χ0v) is 14.1. The first-order valence-electron chi connectivity index (χ1n) is 8.24. The van der Waals surface area contributed by atoms with Crippen molar-refractivity contribution in [2.45, 2.75) is 13.3 Å². The SMILES string of the molecule is Cc1c(C(=O)NCCc2nnc3ccccn23)c(=O)oc2ccccc12. The molecule has 0 aliphatic heterocycles. The number of hydrogen-bond donors (Lipinski definition) is 1. The van der Waals surface area contributed by atoms with Gasteiger partial charge in [0.2, 0.25) is 0 Å². The van der Waals surface area contributed by atoms with Crippen LogP contribution in [-0.2, 0) is 6.42 Å². The van der Waals surface area contributed by atoms with Crippen LogP contribution in [0.25, 0.3) is 16.6 Å². The lowest BCUT2D eigenvalue weighted by Gasteiger charge is -2.08. The van der Waals surface area contributed by atoms with Gasteiger partial charge in [0.15, 0.2) is 5.65 Å². The number of benzene rings is 1. The number of amides is 1. The molecule has 1 N–H and O–H groups in total. The molecule has 3 aromatic heterocycles. The molecule has 26 heavy (non-hydrogen) atoms. The summed E-state index contributed by atoms with van der Waals surface area (Å²) in [5.74, 6) is 0.291. The Morgan fingerprint density at radius 3 is 2.85 bits per heavy atom. The van der Waals surface area contributed by atoms with Crippen LogP contribution in [0.3, 0.4) is 0 Å². The van der Waals surface area contributed by atoms with E-state index >= 15 is 0 Å². The van der Waals surface area contributed by atoms with Crippen molar-refractivity contribution < 1.29 is 9.21 Å². The first-order chi connectivity index (χ1) is 12.6. The molecule has 7 nitrogen and oxygen atoms in total. The maximum Gasteiger partial charge on any atom is 0.349 e. The van der Waals surface area contributed by atoms with Crippen LogP contribution in [0.4, 0.5) is 0 Å². The van der Waals surface area contributed by atoms with Crippen LogP contribution in [0.1, 0.15) is 21.7 Å². The standard InChI is InChI=1S/C19H16N4O3/c1-12-13-6-2-3-7-14(13)26-19(25)17(12)18(24)20-10-9-16-22-21-15-8-4-5-11-23(15)16/h2-8,11H,9-10H2,1H3,(H,20,24). The van der Waals surface area contributed by atoms with Crippen LogP contribution in [0.15, 0.2) is 57.9 Å². The fraction of sp³-hybridized carbons (Fsp3) is 0.158. The summed E-state index contributed by atoms with van der Waals surface area (Å²) in [6, 6.07) is 12.8. The van der Waals surface area contributed by atoms with E-state index < -0.39 is 11.5 Å². The van der Waals surface area contributed by atoms with Gasteiger partial charge in [-0.3, -0.25) is 9.20 Å². The van der Waals surface area contributed by atoms with Crippen LogP contribution in [0.5, 0.6) is 0 Å². The van der Waals surface area contributed by atoms with Gasteiger partial charge in [-0.15, -0.1) is 10.2 Å². The summed E-state index contributed by atoms with van der Waals surface area (Å²) in [6.45, 7) is 2.08. The van der Waals surface area contributed by atoms with Gasteiger partial charge in [-0.05, 0) is 30.7 Å². The Labute approximate surface area is 148 Å². The number of aromatic nitrogens is 3. The normalized spacial score (nSPS) is 11.1. The molecule has 0 bridgehead atoms. The first-order valence-corrected chi connectivity index (χ1v) is 8.24. The molecule has 1 aromatic carbocycles. The van der Waals surface area contributed by atoms with Crippen LogP contribution in [0, 0.1) is 6.92 Å². The van der Waals surface area contributed by atoms with E-state index in [4.69, 9.17) is 4.42 Å². The Kier molecular flexibility index (Phi) is 3.96. The number of nitrogens with one attached hydrogen (secondary N) is 1. The number of carbonyl (C=O) groups is 1. The maximum absolute atomic E-state index is 12.5. The van der Waals surface area contributed by atoms with Crippen molar-refractivity contribution >= 4 is 22.5 Å². The summed E-state index contributed by atoms with van der Waals surface area (Å²) < 4.78 is 7.12. The van der Waals surface area contributed by atoms with E-state index in [0.717, 1.165) is 16.9 Å². The van der Waals surface area contributed by atoms with Gasteiger partial charge in [0, 0.05) is 24.5 Å². The summed E-state index contributed by atoms with van der Waals surface area (Å²) in [4.78, 5) is 24.7. The highest BCUT2D eigenvalue weighted by molar-refractivity contribution is 5.99. The Morgan fingerprint density at radius 2 is 1.96 bits per heavy atom. The molecule has 130 valence electrons. The lowest BCUT2D eigenvalue weighted by atomic mass is 10.1. The Bertz CT molecular complexity index is 1180. The van der Waals surface area contributed by atoms with Gasteiger partial charge >= 0.3 is 5.63 Å². The van der Waals surface area contributed by atoms with E-state index in [0.29, 0.717) is 24.1 Å². The molecule has 0 spiro atoms. The fourth-order valence-electron chi connectivity index (χ4n) is 3.00. The molecule has 0 aliphatic rings. The number of hydrogen-bond acceptors (Lipinski definition) is 5. The molecule has 1 amide bonds. The zero-order chi connectivity index (χ0) is 18.1. The minimum Gasteiger partial charge on any atom is -0.422 e. The molecule has 0 unspecified atom stereocenters. The summed E-state index contributed by atoms with van der Waals surface area (Å²) in [6.07, 6.45) is 2.36. The summed E-state index contributed by atoms with van der Waals surface area (Å²) in [7, 11) is 0. The van der Waals surface area contributed by atoms with Crippen LogP contribution in [-0.4, -0.2) is 27.0 Å². The third kappa shape index (κ3) is 2.73. The number of pyridine rings is 1. The molecule has 0 atom stereocenters. The predicted octanol–water partition coefficient (Wildman–Crippen LogP) is 2.12. The number of carbonyl (C=O) groups excluding carboxylic acids is 1. The maximum atomic E-state index is 12.5. The summed E-state index contributed by atoms with van der Waals surface area (Å²) in [5, 5.41) is 11.7. The highest BCUT2D eigenvalue weighted by Crippen LogP contribution is 2.18. The van der Waals surface area contributed by atoms with Gasteiger partial charge in [0.25, 0.3) is 5.91 Å². The molecule has 4 aromatic rings. The largest absolute Gasteiger partial charge is 0.422 e. The number of nitrogens with zero attached hydrogens (tertiary/aromatic N) is 3. The van der Waals surface area contributed by atoms with Crippen molar-refractivity contribution in [3.63, 3.8) is 0 Å². The fourth-order valence-corrected chi connectivity index (χ4v) is 3.00. The van der Waals surface area contributed by atoms with Crippen molar-refractivity contribution in [2.24, 2.45) is 0 Å². The van der Waals surface area contributed by atoms with Gasteiger partial charge in [-0.25, -0.2) is 4.79 Å². The Balaban J connectivity index is 1.54. The molecule has 0 saturated heterocycles. The van der Waals surface area contributed by atoms with E-state index in [2.05, 4.69) is 15.5 Å². The Morgan fingerprint density at radius 1 is 1.15 bits per heavy atom. The van der Waals surface area contributed by atoms with Crippen LogP contribution < -0.4 is 10.9 Å². The molecule has 0 aliphatic carbocycles. The van der Waals surface area contributed by atoms with Crippen molar-refractivity contribution in [3.05, 3.63) is 76.0 Å². The second-order valence-electron chi connectivity index (χ2n) is 5.94. The van der Waals surface area contributed by atoms with Gasteiger partial charge < -0.3 is 9.73 Å². The van der Waals surface area contributed by atoms with E-state index in [1.165, 1.54) is 0 Å². The predicted molar refractivity (Wildman–Crippen MR) is 96.2 cm³/mol. The molecule has 0 radical (unpaired) electrons. The topological polar surface area (TPSA) is 89.5 Å². The first kappa shape index (κ1) is 16.0. The average Bonchev–Trinajstić information content (AvgIpc) is 3.05. The third-order valence-electron chi connectivity index (χ3n) is 4.32. The van der Waals surface area contributed by atoms with E-state index in [-0.39, 0.29) is 5.56 Å². The average molecular weight is 348 g/mol. The third-order valence-corrected chi connectivity index (χ3v) is 4.32. The summed E-state index contributed by atoms with van der Waals surface area (Å²) in [5.41, 5.74) is 1.24. The molecular weight excluding hydrogens is 332 g/mol. The monoisotopic (exact) mass is 348 g/mol. The number of rotatable bonds is 4. The highest BCUT2D eigenvalue weighted by atomic mass is 16.4. The smallest absolute Gasteiger partial charge is 0.349 e. The minimum absolute atomic E-state index is 0.0369. The van der Waals surface area contributed by atoms with Crippen molar-refractivity contribution in [2.75, 3.05) is 6.54 Å². The molecule has 0 saturated carbocycles. The van der Waals surface area contributed by atoms with Gasteiger partial charge in [-0.2, -0.15) is 0 Å². The summed E-state index contributed by atoms with van der Waals surface area (Å²) >= 11 is 0. The van der Waals surface area contributed by atoms with Gasteiger partial charge in [0.1, 0.15) is 17.0 Å². The molecule has 3 heterocycles. The van der Waals surface area contributed by atoms with Crippen LogP contribution in [0.2, 0.25) is 0 Å². The molecule has 0 fully saturated rings. The minimum atomic E-state index is -0.633. The lowest BCUT2D eigenvalue weighted by molar-refractivity contribution is 0.0950.